The Balaban J connectivity index is 1.24. The van der Waals surface area contributed by atoms with Gasteiger partial charge in [0.15, 0.2) is 0 Å². The predicted octanol–water partition coefficient (Wildman–Crippen LogP) is 3.76. The van der Waals surface area contributed by atoms with E-state index in [1.807, 2.05) is 24.3 Å². The fourth-order valence-electron chi connectivity index (χ4n) is 5.50. The zero-order valence-electron chi connectivity index (χ0n) is 22.1. The second kappa shape index (κ2) is 10.6. The van der Waals surface area contributed by atoms with Crippen LogP contribution < -0.4 is 5.32 Å². The van der Waals surface area contributed by atoms with Crippen LogP contribution in [0.3, 0.4) is 0 Å². The molecule has 2 heterocycles. The molecule has 5 rings (SSSR count). The SMILES string of the molecule is CC(C)(C)OC(=O)N1C[C@@H](NC(=O)OCC2c3ccccc3-c3ccccc32)C[C@H]1C(=O)N1CCOCC1. The molecule has 2 aromatic carbocycles. The van der Waals surface area contributed by atoms with E-state index >= 15 is 0 Å². The smallest absolute Gasteiger partial charge is 0.411 e. The molecule has 0 aromatic heterocycles. The summed E-state index contributed by atoms with van der Waals surface area (Å²) in [6.45, 7) is 7.59. The van der Waals surface area contributed by atoms with Crippen molar-refractivity contribution in [3.8, 4) is 11.1 Å². The molecule has 0 radical (unpaired) electrons. The van der Waals surface area contributed by atoms with Gasteiger partial charge in [0.25, 0.3) is 0 Å². The molecule has 0 saturated carbocycles. The monoisotopic (exact) mass is 521 g/mol. The number of likely N-dealkylation sites (tertiary alicyclic amines) is 1. The van der Waals surface area contributed by atoms with Crippen molar-refractivity contribution < 1.29 is 28.6 Å². The van der Waals surface area contributed by atoms with E-state index in [0.29, 0.717) is 32.7 Å². The zero-order valence-corrected chi connectivity index (χ0v) is 22.1. The minimum Gasteiger partial charge on any atom is -0.449 e. The minimum atomic E-state index is -0.721. The molecule has 2 aliphatic heterocycles. The van der Waals surface area contributed by atoms with Gasteiger partial charge in [-0.15, -0.1) is 0 Å². The Morgan fingerprint density at radius 2 is 1.58 bits per heavy atom. The summed E-state index contributed by atoms with van der Waals surface area (Å²) < 4.78 is 16.6. The average Bonchev–Trinajstić information content (AvgIpc) is 3.46. The molecule has 2 fully saturated rings. The number of nitrogens with zero attached hydrogens (tertiary/aromatic N) is 2. The lowest BCUT2D eigenvalue weighted by molar-refractivity contribution is -0.140. The Morgan fingerprint density at radius 1 is 0.974 bits per heavy atom. The van der Waals surface area contributed by atoms with Gasteiger partial charge in [0.2, 0.25) is 5.91 Å². The maximum atomic E-state index is 13.3. The van der Waals surface area contributed by atoms with E-state index in [1.165, 1.54) is 4.90 Å². The molecule has 1 N–H and O–H groups in total. The van der Waals surface area contributed by atoms with Gasteiger partial charge in [-0.2, -0.15) is 0 Å². The van der Waals surface area contributed by atoms with Gasteiger partial charge in [-0.3, -0.25) is 9.69 Å². The summed E-state index contributed by atoms with van der Waals surface area (Å²) >= 11 is 0. The van der Waals surface area contributed by atoms with Crippen LogP contribution in [0.15, 0.2) is 48.5 Å². The van der Waals surface area contributed by atoms with Crippen LogP contribution in [-0.2, 0) is 19.0 Å². The molecule has 0 spiro atoms. The van der Waals surface area contributed by atoms with Gasteiger partial charge in [-0.25, -0.2) is 9.59 Å². The molecular weight excluding hydrogens is 486 g/mol. The number of fused-ring (bicyclic) bond motifs is 3. The van der Waals surface area contributed by atoms with E-state index < -0.39 is 29.9 Å². The number of carbonyl (C=O) groups excluding carboxylic acids is 3. The van der Waals surface area contributed by atoms with E-state index in [1.54, 1.807) is 25.7 Å². The largest absolute Gasteiger partial charge is 0.449 e. The van der Waals surface area contributed by atoms with Crippen LogP contribution in [0, 0.1) is 0 Å². The van der Waals surface area contributed by atoms with Crippen molar-refractivity contribution >= 4 is 18.1 Å². The van der Waals surface area contributed by atoms with Gasteiger partial charge in [0, 0.05) is 25.6 Å². The number of hydrogen-bond acceptors (Lipinski definition) is 6. The Hall–Kier alpha value is -3.59. The lowest BCUT2D eigenvalue weighted by Crippen LogP contribution is -2.51. The third-order valence-electron chi connectivity index (χ3n) is 7.20. The van der Waals surface area contributed by atoms with E-state index in [4.69, 9.17) is 14.2 Å². The molecule has 3 aliphatic rings. The quantitative estimate of drug-likeness (QED) is 0.658. The first-order chi connectivity index (χ1) is 18.2. The van der Waals surface area contributed by atoms with E-state index in [2.05, 4.69) is 29.6 Å². The van der Waals surface area contributed by atoms with Crippen molar-refractivity contribution in [2.75, 3.05) is 39.5 Å². The summed E-state index contributed by atoms with van der Waals surface area (Å²) in [6.07, 6.45) is -0.846. The third kappa shape index (κ3) is 5.48. The van der Waals surface area contributed by atoms with Crippen molar-refractivity contribution in [2.45, 2.75) is 50.8 Å². The Morgan fingerprint density at radius 3 is 2.18 bits per heavy atom. The van der Waals surface area contributed by atoms with Gasteiger partial charge in [-0.05, 0) is 49.4 Å². The Kier molecular flexibility index (Phi) is 7.29. The highest BCUT2D eigenvalue weighted by Gasteiger charge is 2.44. The topological polar surface area (TPSA) is 97.4 Å². The lowest BCUT2D eigenvalue weighted by atomic mass is 9.98. The molecule has 9 nitrogen and oxygen atoms in total. The highest BCUT2D eigenvalue weighted by Crippen LogP contribution is 2.44. The fourth-order valence-corrected chi connectivity index (χ4v) is 5.50. The zero-order chi connectivity index (χ0) is 26.9. The number of benzene rings is 2. The lowest BCUT2D eigenvalue weighted by Gasteiger charge is -2.33. The number of hydrogen-bond donors (Lipinski definition) is 1. The molecule has 2 atom stereocenters. The maximum absolute atomic E-state index is 13.3. The third-order valence-corrected chi connectivity index (χ3v) is 7.20. The minimum absolute atomic E-state index is 0.0503. The molecule has 2 saturated heterocycles. The van der Waals surface area contributed by atoms with Gasteiger partial charge >= 0.3 is 12.2 Å². The summed E-state index contributed by atoms with van der Waals surface area (Å²) in [5.74, 6) is -0.207. The number of morpholine rings is 1. The molecule has 1 aliphatic carbocycles. The first-order valence-corrected chi connectivity index (χ1v) is 13.2. The van der Waals surface area contributed by atoms with Gasteiger partial charge in [-0.1, -0.05) is 48.5 Å². The number of rotatable bonds is 4. The molecule has 9 heteroatoms. The summed E-state index contributed by atoms with van der Waals surface area (Å²) in [4.78, 5) is 42.3. The van der Waals surface area contributed by atoms with E-state index in [0.717, 1.165) is 22.3 Å². The van der Waals surface area contributed by atoms with Crippen LogP contribution in [0.4, 0.5) is 9.59 Å². The first kappa shape index (κ1) is 26.0. The molecule has 202 valence electrons. The standard InChI is InChI=1S/C29H35N3O6/c1-29(2,3)38-28(35)32-17-19(16-25(32)26(33)31-12-14-36-15-13-31)30-27(34)37-18-24-22-10-6-4-8-20(22)21-9-5-7-11-23(21)24/h4-11,19,24-25H,12-18H2,1-3H3,(H,30,34)/t19-,25-/m0/s1. The van der Waals surface area contributed by atoms with Crippen molar-refractivity contribution in [3.05, 3.63) is 59.7 Å². The van der Waals surface area contributed by atoms with Crippen LogP contribution in [0.5, 0.6) is 0 Å². The van der Waals surface area contributed by atoms with E-state index in [-0.39, 0.29) is 25.0 Å². The van der Waals surface area contributed by atoms with Crippen LogP contribution in [0.25, 0.3) is 11.1 Å². The normalized spacial score (nSPS) is 21.0. The average molecular weight is 522 g/mol. The number of ether oxygens (including phenoxy) is 3. The van der Waals surface area contributed by atoms with Gasteiger partial charge < -0.3 is 24.4 Å². The van der Waals surface area contributed by atoms with E-state index in [9.17, 15) is 14.4 Å². The van der Waals surface area contributed by atoms with Crippen LogP contribution in [0.1, 0.15) is 44.2 Å². The molecule has 2 aromatic rings. The number of amides is 3. The van der Waals surface area contributed by atoms with Gasteiger partial charge in [0.1, 0.15) is 18.2 Å². The number of carbonyl (C=O) groups is 3. The Labute approximate surface area is 223 Å². The van der Waals surface area contributed by atoms with Crippen molar-refractivity contribution in [2.24, 2.45) is 0 Å². The fraction of sp³-hybridized carbons (Fsp3) is 0.483. The second-order valence-electron chi connectivity index (χ2n) is 11.0. The Bertz CT molecular complexity index is 1160. The first-order valence-electron chi connectivity index (χ1n) is 13.2. The summed E-state index contributed by atoms with van der Waals surface area (Å²) in [6, 6.07) is 15.2. The molecule has 3 amide bonds. The number of nitrogens with one attached hydrogen (secondary N) is 1. The highest BCUT2D eigenvalue weighted by atomic mass is 16.6. The summed E-state index contributed by atoms with van der Waals surface area (Å²) in [7, 11) is 0. The summed E-state index contributed by atoms with van der Waals surface area (Å²) in [5, 5.41) is 2.88. The molecule has 38 heavy (non-hydrogen) atoms. The van der Waals surface area contributed by atoms with Crippen LogP contribution >= 0.6 is 0 Å². The second-order valence-corrected chi connectivity index (χ2v) is 11.0. The predicted molar refractivity (Wildman–Crippen MR) is 141 cm³/mol. The van der Waals surface area contributed by atoms with Crippen molar-refractivity contribution in [1.29, 1.82) is 0 Å². The number of alkyl carbamates (subject to hydrolysis) is 1. The van der Waals surface area contributed by atoms with Crippen LogP contribution in [0.2, 0.25) is 0 Å². The van der Waals surface area contributed by atoms with Crippen molar-refractivity contribution in [3.63, 3.8) is 0 Å². The molecule has 0 unspecified atom stereocenters. The highest BCUT2D eigenvalue weighted by molar-refractivity contribution is 5.87. The molecule has 0 bridgehead atoms. The molecular formula is C29H35N3O6. The van der Waals surface area contributed by atoms with Crippen LogP contribution in [-0.4, -0.2) is 85.0 Å². The summed E-state index contributed by atoms with van der Waals surface area (Å²) in [5.41, 5.74) is 3.88. The van der Waals surface area contributed by atoms with Gasteiger partial charge in [0.05, 0.1) is 19.3 Å². The maximum Gasteiger partial charge on any atom is 0.411 e. The van der Waals surface area contributed by atoms with Crippen molar-refractivity contribution in [1.82, 2.24) is 15.1 Å².